The van der Waals surface area contributed by atoms with Gasteiger partial charge in [0, 0.05) is 44.8 Å². The van der Waals surface area contributed by atoms with Gasteiger partial charge in [-0.25, -0.2) is 23.1 Å². The van der Waals surface area contributed by atoms with E-state index in [-0.39, 0.29) is 29.5 Å². The van der Waals surface area contributed by atoms with Crippen LogP contribution in [0.3, 0.4) is 0 Å². The molecular weight excluding hydrogens is 666 g/mol. The van der Waals surface area contributed by atoms with Gasteiger partial charge in [0.1, 0.15) is 23.9 Å². The fraction of sp³-hybridized carbons (Fsp3) is 0.410. The Morgan fingerprint density at radius 3 is 2.52 bits per heavy atom. The van der Waals surface area contributed by atoms with Crippen molar-refractivity contribution in [3.63, 3.8) is 0 Å². The Labute approximate surface area is 299 Å². The van der Waals surface area contributed by atoms with Gasteiger partial charge in [0.05, 0.1) is 30.4 Å². The maximum absolute atomic E-state index is 14.6. The van der Waals surface area contributed by atoms with Crippen LogP contribution in [0.25, 0.3) is 27.8 Å². The number of aliphatic imine (C=N–C) groups is 1. The van der Waals surface area contributed by atoms with Crippen molar-refractivity contribution < 1.29 is 13.6 Å². The van der Waals surface area contributed by atoms with E-state index in [0.717, 1.165) is 61.7 Å². The number of piperazine rings is 1. The number of carbonyl (C=O) groups is 1. The molecule has 2 N–H and O–H groups in total. The van der Waals surface area contributed by atoms with Gasteiger partial charge in [0.25, 0.3) is 5.56 Å². The second-order valence-electron chi connectivity index (χ2n) is 14.4. The molecule has 2 unspecified atom stereocenters. The van der Waals surface area contributed by atoms with Gasteiger partial charge in [-0.2, -0.15) is 0 Å². The maximum atomic E-state index is 14.6. The van der Waals surface area contributed by atoms with Gasteiger partial charge in [-0.3, -0.25) is 24.0 Å². The summed E-state index contributed by atoms with van der Waals surface area (Å²) < 4.78 is 31.1. The van der Waals surface area contributed by atoms with Gasteiger partial charge in [-0.05, 0) is 85.2 Å². The van der Waals surface area contributed by atoms with E-state index >= 15 is 0 Å². The van der Waals surface area contributed by atoms with Gasteiger partial charge in [-0.15, -0.1) is 0 Å². The van der Waals surface area contributed by atoms with Crippen LogP contribution in [0.1, 0.15) is 42.9 Å². The molecular formula is C39H42F2N8O3. The van der Waals surface area contributed by atoms with E-state index in [4.69, 9.17) is 0 Å². The average Bonchev–Trinajstić information content (AvgIpc) is 3.57. The first kappa shape index (κ1) is 34.1. The highest BCUT2D eigenvalue weighted by Gasteiger charge is 2.34. The van der Waals surface area contributed by atoms with E-state index in [2.05, 4.69) is 55.8 Å². The van der Waals surface area contributed by atoms with Crippen LogP contribution in [0.5, 0.6) is 0 Å². The molecule has 0 bridgehead atoms. The smallest absolute Gasteiger partial charge is 0.337 e. The molecule has 2 aromatic carbocycles. The lowest BCUT2D eigenvalue weighted by Gasteiger charge is -2.31. The number of nitrogens with zero attached hydrogens (tertiary/aromatic N) is 6. The maximum Gasteiger partial charge on any atom is 0.337 e. The molecule has 2 fully saturated rings. The number of fused-ring (bicyclic) bond motifs is 2. The first-order valence-corrected chi connectivity index (χ1v) is 18.1. The summed E-state index contributed by atoms with van der Waals surface area (Å²) in [5.74, 6) is -0.260. The number of pyridine rings is 1. The zero-order valence-electron chi connectivity index (χ0n) is 29.1. The summed E-state index contributed by atoms with van der Waals surface area (Å²) in [7, 11) is 0. The summed E-state index contributed by atoms with van der Waals surface area (Å²) in [6, 6.07) is 14.2. The number of carbonyl (C=O) groups excluding carboxylic acids is 1. The summed E-state index contributed by atoms with van der Waals surface area (Å²) >= 11 is 0. The molecule has 52 heavy (non-hydrogen) atoms. The SMILES string of the molecule is Cc1cc(-c2ccc(CN3CCNCC3)cc2)cc(-n2c(=O)n(C3CCC(NC(=O)C4CN5CC(F)C=CC5=N4)CC3)c(=O)c3cc(F)cnc32)c1. The number of alkyl halides is 1. The van der Waals surface area contributed by atoms with Crippen LogP contribution in [-0.4, -0.2) is 93.2 Å². The molecule has 4 aromatic rings. The van der Waals surface area contributed by atoms with Crippen molar-refractivity contribution in [1.82, 2.24) is 34.6 Å². The van der Waals surface area contributed by atoms with Crippen molar-refractivity contribution >= 4 is 22.8 Å². The van der Waals surface area contributed by atoms with Crippen LogP contribution in [0.15, 0.2) is 81.5 Å². The van der Waals surface area contributed by atoms with Crippen LogP contribution in [-0.2, 0) is 11.3 Å². The zero-order valence-corrected chi connectivity index (χ0v) is 29.1. The van der Waals surface area contributed by atoms with Crippen LogP contribution in [0.4, 0.5) is 8.78 Å². The van der Waals surface area contributed by atoms with Crippen molar-refractivity contribution in [1.29, 1.82) is 0 Å². The molecule has 11 nitrogen and oxygen atoms in total. The second-order valence-corrected chi connectivity index (χ2v) is 14.4. The minimum atomic E-state index is -1.08. The van der Waals surface area contributed by atoms with Gasteiger partial charge >= 0.3 is 5.69 Å². The third-order valence-corrected chi connectivity index (χ3v) is 10.7. The van der Waals surface area contributed by atoms with E-state index in [9.17, 15) is 23.2 Å². The number of hydrogen-bond donors (Lipinski definition) is 2. The Morgan fingerprint density at radius 1 is 0.981 bits per heavy atom. The fourth-order valence-electron chi connectivity index (χ4n) is 8.01. The summed E-state index contributed by atoms with van der Waals surface area (Å²) in [4.78, 5) is 54.4. The number of benzene rings is 2. The van der Waals surface area contributed by atoms with Gasteiger partial charge < -0.3 is 15.5 Å². The molecule has 270 valence electrons. The standard InChI is InChI=1S/C39H42F2N8O3/c1-24-16-27(26-4-2-25(3-5-26)21-46-14-12-42-13-15-46)18-32(17-24)48-36-33(19-29(41)20-43-36)38(51)49(39(48)52)31-9-7-30(8-10-31)44-37(50)34-23-47-22-28(40)6-11-35(47)45-34/h2-6,11,16-20,28,30-31,34,42H,7-10,12-15,21-23H2,1H3,(H,44,50). The molecule has 5 heterocycles. The monoisotopic (exact) mass is 708 g/mol. The Morgan fingerprint density at radius 2 is 1.75 bits per heavy atom. The molecule has 2 atom stereocenters. The van der Waals surface area contributed by atoms with Crippen molar-refractivity contribution in [2.45, 2.75) is 63.4 Å². The van der Waals surface area contributed by atoms with Crippen molar-refractivity contribution in [3.05, 3.63) is 105 Å². The van der Waals surface area contributed by atoms with Crippen molar-refractivity contribution in [2.75, 3.05) is 39.3 Å². The predicted octanol–water partition coefficient (Wildman–Crippen LogP) is 3.66. The third kappa shape index (κ3) is 6.82. The lowest BCUT2D eigenvalue weighted by Crippen LogP contribution is -2.47. The molecule has 13 heteroatoms. The van der Waals surface area contributed by atoms with Gasteiger partial charge in [0.2, 0.25) is 5.91 Å². The Bertz CT molecular complexity index is 2180. The lowest BCUT2D eigenvalue weighted by atomic mass is 9.90. The van der Waals surface area contributed by atoms with E-state index in [0.29, 0.717) is 43.8 Å². The number of rotatable bonds is 7. The van der Waals surface area contributed by atoms with E-state index < -0.39 is 35.3 Å². The van der Waals surface area contributed by atoms with Crippen LogP contribution in [0.2, 0.25) is 0 Å². The molecule has 0 spiro atoms. The first-order valence-electron chi connectivity index (χ1n) is 18.1. The number of aryl methyl sites for hydroxylation is 1. The molecule has 1 amide bonds. The first-order chi connectivity index (χ1) is 25.2. The van der Waals surface area contributed by atoms with Gasteiger partial charge in [-0.1, -0.05) is 30.3 Å². The fourth-order valence-corrected chi connectivity index (χ4v) is 8.01. The zero-order chi connectivity index (χ0) is 35.9. The molecule has 0 radical (unpaired) electrons. The van der Waals surface area contributed by atoms with Crippen LogP contribution < -0.4 is 21.9 Å². The summed E-state index contributed by atoms with van der Waals surface area (Å²) in [6.45, 7) is 7.38. The molecule has 1 aliphatic carbocycles. The van der Waals surface area contributed by atoms with E-state index in [1.54, 1.807) is 11.0 Å². The highest BCUT2D eigenvalue weighted by Crippen LogP contribution is 2.29. The topological polar surface area (TPSA) is 117 Å². The molecule has 4 aliphatic rings. The summed E-state index contributed by atoms with van der Waals surface area (Å²) in [5, 5.41) is 6.49. The summed E-state index contributed by atoms with van der Waals surface area (Å²) in [6.07, 6.45) is 5.03. The minimum Gasteiger partial charge on any atom is -0.351 e. The molecule has 2 aromatic heterocycles. The number of aromatic nitrogens is 3. The second kappa shape index (κ2) is 14.2. The predicted molar refractivity (Wildman–Crippen MR) is 196 cm³/mol. The van der Waals surface area contributed by atoms with E-state index in [1.165, 1.54) is 20.8 Å². The number of amides is 1. The number of halogens is 2. The molecule has 1 saturated heterocycles. The highest BCUT2D eigenvalue weighted by molar-refractivity contribution is 5.99. The normalized spacial score (nSPS) is 23.4. The number of hydrogen-bond acceptors (Lipinski definition) is 8. The largest absolute Gasteiger partial charge is 0.351 e. The molecule has 8 rings (SSSR count). The lowest BCUT2D eigenvalue weighted by molar-refractivity contribution is -0.123. The van der Waals surface area contributed by atoms with Crippen LogP contribution in [0, 0.1) is 12.7 Å². The average molecular weight is 709 g/mol. The molecule has 3 aliphatic heterocycles. The molecule has 1 saturated carbocycles. The van der Waals surface area contributed by atoms with E-state index in [1.807, 2.05) is 19.1 Å². The minimum absolute atomic E-state index is 0.0247. The summed E-state index contributed by atoms with van der Waals surface area (Å²) in [5.41, 5.74) is 3.55. The van der Waals surface area contributed by atoms with Crippen molar-refractivity contribution in [2.24, 2.45) is 4.99 Å². The Hall–Kier alpha value is -5.01. The van der Waals surface area contributed by atoms with Gasteiger partial charge in [0.15, 0.2) is 5.65 Å². The van der Waals surface area contributed by atoms with Crippen LogP contribution >= 0.6 is 0 Å². The Kier molecular flexibility index (Phi) is 9.31. The van der Waals surface area contributed by atoms with Crippen molar-refractivity contribution in [3.8, 4) is 16.8 Å². The Balaban J connectivity index is 1.05. The highest BCUT2D eigenvalue weighted by atomic mass is 19.1. The number of amidine groups is 1. The quantitative estimate of drug-likeness (QED) is 0.301. The number of nitrogens with one attached hydrogen (secondary N) is 2. The third-order valence-electron chi connectivity index (χ3n) is 10.7.